The molecule has 1 aromatic carbocycles. The summed E-state index contributed by atoms with van der Waals surface area (Å²) < 4.78 is 46.2. The fraction of sp³-hybridized carbons (Fsp3) is 0.611. The summed E-state index contributed by atoms with van der Waals surface area (Å²) in [7, 11) is 0. The smallest absolute Gasteiger partial charge is 0.411 e. The average molecular weight is 503 g/mol. The third-order valence-electron chi connectivity index (χ3n) is 3.30. The minimum absolute atomic E-state index is 0. The van der Waals surface area contributed by atoms with E-state index < -0.39 is 12.8 Å². The third-order valence-corrected chi connectivity index (χ3v) is 3.30. The van der Waals surface area contributed by atoms with Gasteiger partial charge in [0.15, 0.2) is 5.96 Å². The second-order valence-electron chi connectivity index (χ2n) is 5.69. The molecule has 0 saturated carbocycles. The standard InChI is InChI=1S/C18H28F3N3O2.HI/c1-4-22-17(23-9-6-10-25-13-18(19,20)21)24-12-15-8-7-14(3)11-16(15)26-5-2;/h7-8,11H,4-6,9-10,12-13H2,1-3H3,(H2,22,23,24);1H. The Morgan fingerprint density at radius 2 is 1.93 bits per heavy atom. The zero-order valence-electron chi connectivity index (χ0n) is 16.0. The van der Waals surface area contributed by atoms with Gasteiger partial charge in [0.1, 0.15) is 12.4 Å². The molecule has 156 valence electrons. The van der Waals surface area contributed by atoms with Crippen molar-refractivity contribution in [1.82, 2.24) is 10.6 Å². The minimum Gasteiger partial charge on any atom is -0.494 e. The van der Waals surface area contributed by atoms with E-state index >= 15 is 0 Å². The van der Waals surface area contributed by atoms with Gasteiger partial charge in [-0.05, 0) is 38.8 Å². The largest absolute Gasteiger partial charge is 0.494 e. The lowest BCUT2D eigenvalue weighted by atomic mass is 10.1. The predicted octanol–water partition coefficient (Wildman–Crippen LogP) is 4.04. The van der Waals surface area contributed by atoms with Gasteiger partial charge in [-0.3, -0.25) is 0 Å². The lowest BCUT2D eigenvalue weighted by molar-refractivity contribution is -0.173. The number of ether oxygens (including phenoxy) is 2. The highest BCUT2D eigenvalue weighted by Crippen LogP contribution is 2.21. The summed E-state index contributed by atoms with van der Waals surface area (Å²) in [5, 5.41) is 6.20. The van der Waals surface area contributed by atoms with E-state index in [2.05, 4.69) is 20.4 Å². The van der Waals surface area contributed by atoms with Crippen LogP contribution < -0.4 is 15.4 Å². The number of halogens is 4. The molecule has 0 aliphatic rings. The van der Waals surface area contributed by atoms with Crippen molar-refractivity contribution in [2.24, 2.45) is 4.99 Å². The van der Waals surface area contributed by atoms with Crippen LogP contribution in [-0.2, 0) is 11.3 Å². The van der Waals surface area contributed by atoms with Crippen LogP contribution in [0.25, 0.3) is 0 Å². The van der Waals surface area contributed by atoms with E-state index in [0.717, 1.165) is 16.9 Å². The van der Waals surface area contributed by atoms with Crippen LogP contribution in [0.3, 0.4) is 0 Å². The zero-order valence-corrected chi connectivity index (χ0v) is 18.3. The molecule has 0 saturated heterocycles. The molecule has 0 aliphatic carbocycles. The van der Waals surface area contributed by atoms with E-state index in [1.165, 1.54) is 0 Å². The molecule has 1 aromatic rings. The molecule has 0 unspecified atom stereocenters. The monoisotopic (exact) mass is 503 g/mol. The number of nitrogens with one attached hydrogen (secondary N) is 2. The summed E-state index contributed by atoms with van der Waals surface area (Å²) in [6, 6.07) is 5.97. The van der Waals surface area contributed by atoms with Crippen LogP contribution in [0.15, 0.2) is 23.2 Å². The fourth-order valence-electron chi connectivity index (χ4n) is 2.16. The Morgan fingerprint density at radius 1 is 1.19 bits per heavy atom. The molecule has 0 radical (unpaired) electrons. The molecular weight excluding hydrogens is 474 g/mol. The fourth-order valence-corrected chi connectivity index (χ4v) is 2.16. The van der Waals surface area contributed by atoms with Gasteiger partial charge in [0.25, 0.3) is 0 Å². The van der Waals surface area contributed by atoms with Gasteiger partial charge < -0.3 is 20.1 Å². The summed E-state index contributed by atoms with van der Waals surface area (Å²) in [6.07, 6.45) is -3.83. The molecule has 27 heavy (non-hydrogen) atoms. The van der Waals surface area contributed by atoms with Crippen molar-refractivity contribution in [3.05, 3.63) is 29.3 Å². The van der Waals surface area contributed by atoms with Gasteiger partial charge >= 0.3 is 6.18 Å². The van der Waals surface area contributed by atoms with Crippen molar-refractivity contribution in [3.8, 4) is 5.75 Å². The summed E-state index contributed by atoms with van der Waals surface area (Å²) in [6.45, 7) is 6.88. The Kier molecular flexibility index (Phi) is 13.2. The molecule has 9 heteroatoms. The van der Waals surface area contributed by atoms with E-state index in [4.69, 9.17) is 4.74 Å². The summed E-state index contributed by atoms with van der Waals surface area (Å²) in [5.41, 5.74) is 2.09. The molecule has 0 aromatic heterocycles. The summed E-state index contributed by atoms with van der Waals surface area (Å²) >= 11 is 0. The number of alkyl halides is 3. The van der Waals surface area contributed by atoms with Gasteiger partial charge in [-0.25, -0.2) is 4.99 Å². The van der Waals surface area contributed by atoms with Crippen LogP contribution in [0.1, 0.15) is 31.4 Å². The quantitative estimate of drug-likeness (QED) is 0.219. The van der Waals surface area contributed by atoms with E-state index in [0.29, 0.717) is 38.6 Å². The number of aryl methyl sites for hydroxylation is 1. The Hall–Kier alpha value is -1.23. The molecule has 0 aliphatic heterocycles. The van der Waals surface area contributed by atoms with Crippen LogP contribution in [0.2, 0.25) is 0 Å². The molecule has 0 fully saturated rings. The highest BCUT2D eigenvalue weighted by molar-refractivity contribution is 14.0. The summed E-state index contributed by atoms with van der Waals surface area (Å²) in [4.78, 5) is 4.51. The Labute approximate surface area is 176 Å². The predicted molar refractivity (Wildman–Crippen MR) is 112 cm³/mol. The van der Waals surface area contributed by atoms with Gasteiger partial charge in [0.2, 0.25) is 0 Å². The maximum atomic E-state index is 12.0. The first-order chi connectivity index (χ1) is 12.4. The molecule has 0 amide bonds. The second kappa shape index (κ2) is 13.9. The van der Waals surface area contributed by atoms with Gasteiger partial charge in [-0.2, -0.15) is 13.2 Å². The number of benzene rings is 1. The summed E-state index contributed by atoms with van der Waals surface area (Å²) in [5.74, 6) is 1.42. The first kappa shape index (κ1) is 25.8. The van der Waals surface area contributed by atoms with Crippen molar-refractivity contribution in [2.45, 2.75) is 39.9 Å². The van der Waals surface area contributed by atoms with Crippen LogP contribution in [0, 0.1) is 6.92 Å². The highest BCUT2D eigenvalue weighted by atomic mass is 127. The average Bonchev–Trinajstić information content (AvgIpc) is 2.56. The van der Waals surface area contributed by atoms with Crippen molar-refractivity contribution in [1.29, 1.82) is 0 Å². The molecular formula is C18H29F3IN3O2. The van der Waals surface area contributed by atoms with E-state index in [9.17, 15) is 13.2 Å². The number of hydrogen-bond acceptors (Lipinski definition) is 3. The number of aliphatic imine (C=N–C) groups is 1. The van der Waals surface area contributed by atoms with E-state index in [-0.39, 0.29) is 30.6 Å². The molecule has 1 rings (SSSR count). The lowest BCUT2D eigenvalue weighted by Crippen LogP contribution is -2.38. The first-order valence-electron chi connectivity index (χ1n) is 8.74. The topological polar surface area (TPSA) is 54.9 Å². The Balaban J connectivity index is 0.00000676. The van der Waals surface area contributed by atoms with Crippen molar-refractivity contribution in [3.63, 3.8) is 0 Å². The molecule has 0 heterocycles. The molecule has 0 bridgehead atoms. The first-order valence-corrected chi connectivity index (χ1v) is 8.74. The molecule has 5 nitrogen and oxygen atoms in total. The van der Waals surface area contributed by atoms with Gasteiger partial charge in [-0.15, -0.1) is 24.0 Å². The van der Waals surface area contributed by atoms with Crippen LogP contribution in [-0.4, -0.2) is 45.0 Å². The van der Waals surface area contributed by atoms with Crippen LogP contribution in [0.5, 0.6) is 5.75 Å². The van der Waals surface area contributed by atoms with E-state index in [1.807, 2.05) is 39.0 Å². The number of hydrogen-bond donors (Lipinski definition) is 2. The normalized spacial score (nSPS) is 11.7. The maximum Gasteiger partial charge on any atom is 0.411 e. The third kappa shape index (κ3) is 12.0. The molecule has 0 spiro atoms. The van der Waals surface area contributed by atoms with Crippen LogP contribution >= 0.6 is 24.0 Å². The Morgan fingerprint density at radius 3 is 2.56 bits per heavy atom. The second-order valence-corrected chi connectivity index (χ2v) is 5.69. The van der Waals surface area contributed by atoms with Gasteiger partial charge in [0, 0.05) is 25.3 Å². The SMILES string of the molecule is CCNC(=NCc1ccc(C)cc1OCC)NCCCOCC(F)(F)F.I. The molecule has 0 atom stereocenters. The number of nitrogens with zero attached hydrogens (tertiary/aromatic N) is 1. The van der Waals surface area contributed by atoms with Crippen molar-refractivity contribution < 1.29 is 22.6 Å². The molecule has 2 N–H and O–H groups in total. The zero-order chi connectivity index (χ0) is 19.4. The van der Waals surface area contributed by atoms with Crippen molar-refractivity contribution in [2.75, 3.05) is 32.9 Å². The minimum atomic E-state index is -4.28. The van der Waals surface area contributed by atoms with Gasteiger partial charge in [-0.1, -0.05) is 12.1 Å². The Bertz CT molecular complexity index is 569. The van der Waals surface area contributed by atoms with Gasteiger partial charge in [0.05, 0.1) is 13.2 Å². The van der Waals surface area contributed by atoms with E-state index in [1.54, 1.807) is 0 Å². The highest BCUT2D eigenvalue weighted by Gasteiger charge is 2.27. The van der Waals surface area contributed by atoms with Crippen LogP contribution in [0.4, 0.5) is 13.2 Å². The number of rotatable bonds is 10. The number of guanidine groups is 1. The maximum absolute atomic E-state index is 12.0. The van der Waals surface area contributed by atoms with Crippen molar-refractivity contribution >= 4 is 29.9 Å². The lowest BCUT2D eigenvalue weighted by Gasteiger charge is -2.13.